The van der Waals surface area contributed by atoms with Crippen molar-refractivity contribution in [2.45, 2.75) is 19.1 Å². The van der Waals surface area contributed by atoms with Crippen LogP contribution in [0.15, 0.2) is 55.1 Å². The lowest BCUT2D eigenvalue weighted by Gasteiger charge is -2.07. The Kier molecular flexibility index (Phi) is 5.07. The Balaban J connectivity index is 1.53. The molecule has 33 heavy (non-hydrogen) atoms. The van der Waals surface area contributed by atoms with Crippen LogP contribution in [0.2, 0.25) is 10.0 Å². The van der Waals surface area contributed by atoms with Gasteiger partial charge in [0.2, 0.25) is 0 Å². The van der Waals surface area contributed by atoms with Gasteiger partial charge in [-0.3, -0.25) is 9.67 Å². The molecule has 0 spiro atoms. The zero-order valence-electron chi connectivity index (χ0n) is 17.4. The number of nitrogens with zero attached hydrogens (tertiary/aromatic N) is 5. The van der Waals surface area contributed by atoms with Gasteiger partial charge < -0.3 is 14.2 Å². The molecule has 7 nitrogen and oxygen atoms in total. The van der Waals surface area contributed by atoms with Crippen molar-refractivity contribution in [3.8, 4) is 22.4 Å². The number of rotatable bonds is 4. The molecule has 1 saturated heterocycles. The van der Waals surface area contributed by atoms with Crippen LogP contribution < -0.4 is 0 Å². The fourth-order valence-corrected chi connectivity index (χ4v) is 4.98. The molecule has 0 radical (unpaired) electrons. The van der Waals surface area contributed by atoms with E-state index in [0.29, 0.717) is 39.3 Å². The van der Waals surface area contributed by atoms with Gasteiger partial charge in [0.1, 0.15) is 5.65 Å². The van der Waals surface area contributed by atoms with E-state index in [9.17, 15) is 5.11 Å². The number of aliphatic hydroxyl groups excluding tert-OH is 1. The molecule has 1 aromatic carbocycles. The molecule has 5 heterocycles. The fourth-order valence-electron chi connectivity index (χ4n) is 4.40. The average Bonchev–Trinajstić information content (AvgIpc) is 3.57. The van der Waals surface area contributed by atoms with Gasteiger partial charge in [-0.05, 0) is 30.7 Å². The summed E-state index contributed by atoms with van der Waals surface area (Å²) < 4.78 is 9.31. The molecular formula is C24H19Cl2N5O2. The first-order chi connectivity index (χ1) is 16.1. The number of imidazole rings is 1. The monoisotopic (exact) mass is 479 g/mol. The first-order valence-corrected chi connectivity index (χ1v) is 11.4. The molecule has 0 amide bonds. The highest BCUT2D eigenvalue weighted by molar-refractivity contribution is 6.39. The molecule has 9 heteroatoms. The Bertz CT molecular complexity index is 1480. The number of halogens is 2. The number of pyridine rings is 2. The molecule has 1 aliphatic heterocycles. The van der Waals surface area contributed by atoms with Gasteiger partial charge in [0.25, 0.3) is 0 Å². The van der Waals surface area contributed by atoms with E-state index in [-0.39, 0.29) is 12.6 Å². The Labute approximate surface area is 199 Å². The van der Waals surface area contributed by atoms with Crippen LogP contribution in [-0.4, -0.2) is 42.5 Å². The van der Waals surface area contributed by atoms with Crippen molar-refractivity contribution in [2.24, 2.45) is 0 Å². The predicted octanol–water partition coefficient (Wildman–Crippen LogP) is 5.17. The molecule has 0 saturated carbocycles. The molecule has 4 aromatic heterocycles. The van der Waals surface area contributed by atoms with E-state index < -0.39 is 0 Å². The van der Waals surface area contributed by atoms with Gasteiger partial charge in [0, 0.05) is 47.3 Å². The lowest BCUT2D eigenvalue weighted by Crippen LogP contribution is -2.08. The summed E-state index contributed by atoms with van der Waals surface area (Å²) in [5, 5.41) is 16.5. The summed E-state index contributed by atoms with van der Waals surface area (Å²) in [4.78, 5) is 9.52. The van der Waals surface area contributed by atoms with Crippen molar-refractivity contribution >= 4 is 39.8 Å². The highest BCUT2D eigenvalue weighted by Gasteiger charge is 2.21. The Morgan fingerprint density at radius 3 is 2.73 bits per heavy atom. The first kappa shape index (κ1) is 20.6. The number of hydrogen-bond donors (Lipinski definition) is 1. The zero-order chi connectivity index (χ0) is 22.5. The van der Waals surface area contributed by atoms with Crippen LogP contribution in [0.1, 0.15) is 18.2 Å². The van der Waals surface area contributed by atoms with Crippen molar-refractivity contribution in [1.82, 2.24) is 24.1 Å². The summed E-state index contributed by atoms with van der Waals surface area (Å²) in [5.74, 6) is 0. The minimum absolute atomic E-state index is 0.215. The molecular weight excluding hydrogens is 461 g/mol. The smallest absolute Gasteiger partial charge is 0.147 e. The summed E-state index contributed by atoms with van der Waals surface area (Å²) in [6, 6.07) is 9.53. The minimum atomic E-state index is -0.215. The number of benzene rings is 1. The highest BCUT2D eigenvalue weighted by atomic mass is 35.5. The van der Waals surface area contributed by atoms with E-state index in [2.05, 4.69) is 16.1 Å². The lowest BCUT2D eigenvalue weighted by molar-refractivity contribution is 0.184. The maximum Gasteiger partial charge on any atom is 0.147 e. The SMILES string of the molecule is OCc1c(-c2c(Cl)cccc2Cl)nc2c3cc(-c4cnn(C5CCOC5)c4)cnc3ccn12. The van der Waals surface area contributed by atoms with E-state index in [0.717, 1.165) is 35.1 Å². The van der Waals surface area contributed by atoms with Crippen LogP contribution in [-0.2, 0) is 11.3 Å². The van der Waals surface area contributed by atoms with E-state index in [1.54, 1.807) is 18.2 Å². The van der Waals surface area contributed by atoms with Crippen LogP contribution in [0, 0.1) is 0 Å². The lowest BCUT2D eigenvalue weighted by atomic mass is 10.1. The van der Waals surface area contributed by atoms with Gasteiger partial charge in [-0.2, -0.15) is 5.10 Å². The van der Waals surface area contributed by atoms with E-state index in [4.69, 9.17) is 32.9 Å². The fraction of sp³-hybridized carbons (Fsp3) is 0.208. The van der Waals surface area contributed by atoms with E-state index in [1.807, 2.05) is 39.9 Å². The summed E-state index contributed by atoms with van der Waals surface area (Å²) in [6.45, 7) is 1.23. The topological polar surface area (TPSA) is 77.5 Å². The normalized spacial score (nSPS) is 16.3. The third kappa shape index (κ3) is 3.40. The molecule has 1 fully saturated rings. The second-order valence-electron chi connectivity index (χ2n) is 8.05. The zero-order valence-corrected chi connectivity index (χ0v) is 19.0. The molecule has 5 aromatic rings. The third-order valence-corrected chi connectivity index (χ3v) is 6.74. The summed E-state index contributed by atoms with van der Waals surface area (Å²) in [7, 11) is 0. The van der Waals surface area contributed by atoms with Gasteiger partial charge in [0.15, 0.2) is 0 Å². The number of fused-ring (bicyclic) bond motifs is 3. The van der Waals surface area contributed by atoms with Crippen molar-refractivity contribution in [2.75, 3.05) is 13.2 Å². The van der Waals surface area contributed by atoms with Gasteiger partial charge in [-0.1, -0.05) is 29.3 Å². The highest BCUT2D eigenvalue weighted by Crippen LogP contribution is 2.37. The van der Waals surface area contributed by atoms with Crippen LogP contribution in [0.5, 0.6) is 0 Å². The van der Waals surface area contributed by atoms with Crippen LogP contribution >= 0.6 is 23.2 Å². The van der Waals surface area contributed by atoms with Crippen LogP contribution in [0.25, 0.3) is 38.9 Å². The quantitative estimate of drug-likeness (QED) is 0.384. The van der Waals surface area contributed by atoms with Crippen LogP contribution in [0.3, 0.4) is 0 Å². The predicted molar refractivity (Wildman–Crippen MR) is 128 cm³/mol. The van der Waals surface area contributed by atoms with Crippen molar-refractivity contribution in [1.29, 1.82) is 0 Å². The van der Waals surface area contributed by atoms with Crippen molar-refractivity contribution in [3.63, 3.8) is 0 Å². The largest absolute Gasteiger partial charge is 0.390 e. The van der Waals surface area contributed by atoms with E-state index >= 15 is 0 Å². The summed E-state index contributed by atoms with van der Waals surface area (Å²) >= 11 is 12.9. The number of aromatic nitrogens is 5. The second kappa shape index (κ2) is 8.11. The summed E-state index contributed by atoms with van der Waals surface area (Å²) in [5.41, 5.74) is 5.16. The van der Waals surface area contributed by atoms with Gasteiger partial charge >= 0.3 is 0 Å². The Hall–Kier alpha value is -2.97. The number of aliphatic hydroxyl groups is 1. The van der Waals surface area contributed by atoms with E-state index in [1.165, 1.54) is 0 Å². The maximum absolute atomic E-state index is 10.2. The molecule has 1 N–H and O–H groups in total. The number of ether oxygens (including phenoxy) is 1. The van der Waals surface area contributed by atoms with Crippen molar-refractivity contribution in [3.05, 3.63) is 70.9 Å². The van der Waals surface area contributed by atoms with Gasteiger partial charge in [-0.25, -0.2) is 4.98 Å². The van der Waals surface area contributed by atoms with Crippen molar-refractivity contribution < 1.29 is 9.84 Å². The minimum Gasteiger partial charge on any atom is -0.390 e. The Morgan fingerprint density at radius 2 is 1.97 bits per heavy atom. The van der Waals surface area contributed by atoms with Gasteiger partial charge in [0.05, 0.1) is 52.4 Å². The Morgan fingerprint density at radius 1 is 1.12 bits per heavy atom. The number of hydrogen-bond acceptors (Lipinski definition) is 5. The molecule has 0 bridgehead atoms. The first-order valence-electron chi connectivity index (χ1n) is 10.6. The molecule has 166 valence electrons. The molecule has 1 atom stereocenters. The molecule has 1 unspecified atom stereocenters. The van der Waals surface area contributed by atoms with Crippen LogP contribution in [0.4, 0.5) is 0 Å². The average molecular weight is 480 g/mol. The standard InChI is InChI=1S/C24H19Cl2N5O2/c25-18-2-1-3-19(26)22(18)23-21(12-32)30-6-4-20-17(24(30)29-23)8-14(9-27-20)15-10-28-31(11-15)16-5-7-33-13-16/h1-4,6,8-11,16,32H,5,7,12-13H2. The molecule has 0 aliphatic carbocycles. The maximum atomic E-state index is 10.2. The molecule has 1 aliphatic rings. The van der Waals surface area contributed by atoms with Gasteiger partial charge in [-0.15, -0.1) is 0 Å². The second-order valence-corrected chi connectivity index (χ2v) is 8.87. The molecule has 6 rings (SSSR count). The summed E-state index contributed by atoms with van der Waals surface area (Å²) in [6.07, 6.45) is 8.54. The third-order valence-electron chi connectivity index (χ3n) is 6.11.